The maximum Gasteiger partial charge on any atom is 0.224 e. The summed E-state index contributed by atoms with van der Waals surface area (Å²) in [5.41, 5.74) is 5.80. The Morgan fingerprint density at radius 3 is 2.55 bits per heavy atom. The molecule has 0 aromatic carbocycles. The molecule has 0 radical (unpaired) electrons. The average Bonchev–Trinajstić information content (AvgIpc) is 3.06. The van der Waals surface area contributed by atoms with Gasteiger partial charge in [-0.25, -0.2) is 23.1 Å². The van der Waals surface area contributed by atoms with Crippen LogP contribution in [-0.4, -0.2) is 29.5 Å². The van der Waals surface area contributed by atoms with E-state index in [4.69, 9.17) is 5.73 Å². The molecule has 148 valence electrons. The molecular weight excluding hydrogens is 385 g/mol. The van der Waals surface area contributed by atoms with E-state index >= 15 is 0 Å². The van der Waals surface area contributed by atoms with Crippen molar-refractivity contribution in [1.29, 1.82) is 0 Å². The molecule has 4 aromatic heterocycles. The standard InChI is InChI=1S/C18H15F3N8/c1-8(15-10(20)3-9(19)4-23-15)13-11(21)5-24-16-14(13)17(28-18(22)27-16)26-12-6-29(2)7-25-12/h3-8H,1-2H3,(H3,22,24,26,27,28). The molecule has 1 atom stereocenters. The van der Waals surface area contributed by atoms with Crippen molar-refractivity contribution in [2.24, 2.45) is 7.05 Å². The summed E-state index contributed by atoms with van der Waals surface area (Å²) in [6.45, 7) is 1.54. The van der Waals surface area contributed by atoms with E-state index in [1.807, 2.05) is 0 Å². The highest BCUT2D eigenvalue weighted by Crippen LogP contribution is 2.35. The number of imidazole rings is 1. The monoisotopic (exact) mass is 400 g/mol. The minimum Gasteiger partial charge on any atom is -0.368 e. The van der Waals surface area contributed by atoms with Crippen molar-refractivity contribution >= 4 is 28.6 Å². The number of nitrogens with one attached hydrogen (secondary N) is 1. The van der Waals surface area contributed by atoms with Gasteiger partial charge in [-0.2, -0.15) is 9.97 Å². The van der Waals surface area contributed by atoms with Gasteiger partial charge in [0.05, 0.1) is 29.8 Å². The van der Waals surface area contributed by atoms with Gasteiger partial charge in [-0.1, -0.05) is 6.92 Å². The number of rotatable bonds is 4. The molecule has 1 unspecified atom stereocenters. The lowest BCUT2D eigenvalue weighted by atomic mass is 9.94. The molecule has 0 spiro atoms. The SMILES string of the molecule is CC(c1ncc(F)cc1F)c1c(F)cnc2nc(N)nc(Nc3cn(C)cn3)c12. The summed E-state index contributed by atoms with van der Waals surface area (Å²) in [4.78, 5) is 20.1. The number of anilines is 3. The summed E-state index contributed by atoms with van der Waals surface area (Å²) in [5.74, 6) is -2.82. The summed E-state index contributed by atoms with van der Waals surface area (Å²) < 4.78 is 44.1. The maximum absolute atomic E-state index is 14.9. The van der Waals surface area contributed by atoms with E-state index in [0.717, 1.165) is 12.4 Å². The van der Waals surface area contributed by atoms with Crippen LogP contribution in [0.3, 0.4) is 0 Å². The number of halogens is 3. The number of pyridine rings is 2. The van der Waals surface area contributed by atoms with Crippen LogP contribution in [0, 0.1) is 17.5 Å². The normalized spacial score (nSPS) is 12.3. The van der Waals surface area contributed by atoms with Crippen molar-refractivity contribution in [3.63, 3.8) is 0 Å². The molecule has 29 heavy (non-hydrogen) atoms. The Labute approximate surface area is 162 Å². The molecule has 0 bridgehead atoms. The zero-order chi connectivity index (χ0) is 20.7. The first-order valence-electron chi connectivity index (χ1n) is 8.51. The summed E-state index contributed by atoms with van der Waals surface area (Å²) in [6.07, 6.45) is 5.08. The predicted molar refractivity (Wildman–Crippen MR) is 99.9 cm³/mol. The first-order valence-corrected chi connectivity index (χ1v) is 8.51. The van der Waals surface area contributed by atoms with Crippen LogP contribution in [0.5, 0.6) is 0 Å². The molecular formula is C18H15F3N8. The highest BCUT2D eigenvalue weighted by Gasteiger charge is 2.25. The van der Waals surface area contributed by atoms with Crippen LogP contribution in [0.4, 0.5) is 30.8 Å². The summed E-state index contributed by atoms with van der Waals surface area (Å²) >= 11 is 0. The van der Waals surface area contributed by atoms with Crippen LogP contribution in [0.1, 0.15) is 24.1 Å². The third-order valence-electron chi connectivity index (χ3n) is 4.36. The third kappa shape index (κ3) is 3.42. The Morgan fingerprint density at radius 2 is 1.86 bits per heavy atom. The van der Waals surface area contributed by atoms with Crippen LogP contribution in [0.15, 0.2) is 31.0 Å². The molecule has 0 fully saturated rings. The zero-order valence-electron chi connectivity index (χ0n) is 15.4. The van der Waals surface area contributed by atoms with Gasteiger partial charge in [0.1, 0.15) is 29.1 Å². The van der Waals surface area contributed by atoms with Gasteiger partial charge in [0.25, 0.3) is 0 Å². The minimum atomic E-state index is -0.891. The number of hydrogen-bond donors (Lipinski definition) is 2. The van der Waals surface area contributed by atoms with Crippen molar-refractivity contribution in [1.82, 2.24) is 29.5 Å². The number of aromatic nitrogens is 6. The molecule has 4 heterocycles. The van der Waals surface area contributed by atoms with E-state index in [9.17, 15) is 13.2 Å². The number of nitrogens with zero attached hydrogens (tertiary/aromatic N) is 6. The topological polar surface area (TPSA) is 107 Å². The lowest BCUT2D eigenvalue weighted by Gasteiger charge is -2.17. The van der Waals surface area contributed by atoms with Gasteiger partial charge < -0.3 is 15.6 Å². The number of nitrogens with two attached hydrogens (primary N) is 1. The van der Waals surface area contributed by atoms with Crippen LogP contribution < -0.4 is 11.1 Å². The van der Waals surface area contributed by atoms with Gasteiger partial charge in [0.2, 0.25) is 5.95 Å². The molecule has 4 aromatic rings. The fourth-order valence-corrected chi connectivity index (χ4v) is 3.11. The highest BCUT2D eigenvalue weighted by atomic mass is 19.1. The average molecular weight is 400 g/mol. The highest BCUT2D eigenvalue weighted by molar-refractivity contribution is 5.92. The quantitative estimate of drug-likeness (QED) is 0.542. The third-order valence-corrected chi connectivity index (χ3v) is 4.36. The molecule has 4 rings (SSSR count). The number of fused-ring (bicyclic) bond motifs is 1. The largest absolute Gasteiger partial charge is 0.368 e. The zero-order valence-corrected chi connectivity index (χ0v) is 15.4. The smallest absolute Gasteiger partial charge is 0.224 e. The second kappa shape index (κ2) is 7.00. The van der Waals surface area contributed by atoms with Gasteiger partial charge >= 0.3 is 0 Å². The fraction of sp³-hybridized carbons (Fsp3) is 0.167. The van der Waals surface area contributed by atoms with Crippen molar-refractivity contribution in [3.8, 4) is 0 Å². The molecule has 0 aliphatic heterocycles. The molecule has 8 nitrogen and oxygen atoms in total. The number of nitrogen functional groups attached to an aromatic ring is 1. The Hall–Kier alpha value is -3.76. The van der Waals surface area contributed by atoms with Gasteiger partial charge in [-0.15, -0.1) is 0 Å². The van der Waals surface area contributed by atoms with Crippen LogP contribution in [0.2, 0.25) is 0 Å². The molecule has 11 heteroatoms. The minimum absolute atomic E-state index is 0.0476. The Balaban J connectivity index is 1.94. The molecule has 3 N–H and O–H groups in total. The van der Waals surface area contributed by atoms with E-state index in [0.29, 0.717) is 11.9 Å². The number of aryl methyl sites for hydroxylation is 1. The van der Waals surface area contributed by atoms with Gasteiger partial charge in [0.15, 0.2) is 5.65 Å². The molecule has 0 aliphatic carbocycles. The van der Waals surface area contributed by atoms with Gasteiger partial charge in [-0.05, 0) is 0 Å². The van der Waals surface area contributed by atoms with E-state index < -0.39 is 23.4 Å². The molecule has 0 saturated heterocycles. The summed E-state index contributed by atoms with van der Waals surface area (Å²) in [6, 6.07) is 0.696. The molecule has 0 aliphatic rings. The van der Waals surface area contributed by atoms with Crippen LogP contribution in [0.25, 0.3) is 11.0 Å². The van der Waals surface area contributed by atoms with Gasteiger partial charge in [0, 0.05) is 30.8 Å². The lowest BCUT2D eigenvalue weighted by molar-refractivity contribution is 0.545. The first kappa shape index (κ1) is 18.6. The summed E-state index contributed by atoms with van der Waals surface area (Å²) in [7, 11) is 1.78. The van der Waals surface area contributed by atoms with E-state index in [1.54, 1.807) is 31.1 Å². The second-order valence-corrected chi connectivity index (χ2v) is 6.44. The Bertz CT molecular complexity index is 1220. The van der Waals surface area contributed by atoms with Crippen LogP contribution in [-0.2, 0) is 7.05 Å². The van der Waals surface area contributed by atoms with E-state index in [2.05, 4.69) is 30.2 Å². The lowest BCUT2D eigenvalue weighted by Crippen LogP contribution is -2.10. The van der Waals surface area contributed by atoms with E-state index in [-0.39, 0.29) is 34.1 Å². The fourth-order valence-electron chi connectivity index (χ4n) is 3.11. The Kier molecular flexibility index (Phi) is 4.49. The maximum atomic E-state index is 14.9. The van der Waals surface area contributed by atoms with Crippen LogP contribution >= 0.6 is 0 Å². The second-order valence-electron chi connectivity index (χ2n) is 6.44. The molecule has 0 amide bonds. The predicted octanol–water partition coefficient (Wildman–Crippen LogP) is 3.05. The molecule has 0 saturated carbocycles. The van der Waals surface area contributed by atoms with E-state index in [1.165, 1.54) is 0 Å². The van der Waals surface area contributed by atoms with Crippen molar-refractivity contribution in [2.75, 3.05) is 11.1 Å². The number of hydrogen-bond acceptors (Lipinski definition) is 7. The Morgan fingerprint density at radius 1 is 1.07 bits per heavy atom. The van der Waals surface area contributed by atoms with Crippen molar-refractivity contribution < 1.29 is 13.2 Å². The summed E-state index contributed by atoms with van der Waals surface area (Å²) in [5, 5.41) is 3.16. The first-order chi connectivity index (χ1) is 13.8. The van der Waals surface area contributed by atoms with Gasteiger partial charge in [-0.3, -0.25) is 4.98 Å². The van der Waals surface area contributed by atoms with Crippen molar-refractivity contribution in [3.05, 3.63) is 59.7 Å². The van der Waals surface area contributed by atoms with Crippen molar-refractivity contribution in [2.45, 2.75) is 12.8 Å².